The first-order valence-corrected chi connectivity index (χ1v) is 5.47. The minimum atomic E-state index is -0.245. The van der Waals surface area contributed by atoms with Crippen LogP contribution in [0.3, 0.4) is 0 Å². The number of ketones is 2. The van der Waals surface area contributed by atoms with Crippen molar-refractivity contribution in [3.8, 4) is 0 Å². The summed E-state index contributed by atoms with van der Waals surface area (Å²) in [5, 5.41) is 0. The molecule has 5 nitrogen and oxygen atoms in total. The fourth-order valence-corrected chi connectivity index (χ4v) is 2.27. The third-order valence-corrected chi connectivity index (χ3v) is 3.14. The van der Waals surface area contributed by atoms with Crippen molar-refractivity contribution >= 4 is 22.9 Å². The van der Waals surface area contributed by atoms with E-state index in [2.05, 4.69) is 0 Å². The zero-order valence-corrected chi connectivity index (χ0v) is 10.1. The van der Waals surface area contributed by atoms with Gasteiger partial charge in [-0.05, 0) is 12.1 Å². The van der Waals surface area contributed by atoms with E-state index in [0.717, 1.165) is 0 Å². The lowest BCUT2D eigenvalue weighted by Crippen LogP contribution is -2.23. The van der Waals surface area contributed by atoms with Crippen LogP contribution in [0.4, 0.5) is 11.4 Å². The maximum atomic E-state index is 12.3. The summed E-state index contributed by atoms with van der Waals surface area (Å²) in [6.45, 7) is 0. The molecule has 0 spiro atoms. The van der Waals surface area contributed by atoms with Crippen molar-refractivity contribution in [3.05, 3.63) is 58.7 Å². The average Bonchev–Trinajstić information content (AvgIpc) is 2.38. The summed E-state index contributed by atoms with van der Waals surface area (Å²) in [4.78, 5) is 24.7. The largest absolute Gasteiger partial charge is 0.398 e. The third-order valence-electron chi connectivity index (χ3n) is 3.14. The molecule has 0 aliphatic heterocycles. The lowest BCUT2D eigenvalue weighted by molar-refractivity contribution is 0.0980. The molecule has 0 unspecified atom stereocenters. The first-order chi connectivity index (χ1) is 8.61. The second-order valence-electron chi connectivity index (χ2n) is 4.20. The molecule has 2 aromatic rings. The standard InChI is InChI=1S/C14H10N2O2.H3N/c15-9-5-6-10(16)12-11(9)13(17)7-3-1-2-4-8(7)14(12)18;/h1-6H,15-16H2;1H3. The van der Waals surface area contributed by atoms with Crippen molar-refractivity contribution in [3.63, 3.8) is 0 Å². The van der Waals surface area contributed by atoms with Gasteiger partial charge in [-0.1, -0.05) is 24.3 Å². The number of carbonyl (C=O) groups excluding carboxylic acids is 2. The molecular formula is C14H13N3O2. The molecule has 0 radical (unpaired) electrons. The minimum Gasteiger partial charge on any atom is -0.398 e. The molecule has 5 heteroatoms. The Hall–Kier alpha value is -2.66. The summed E-state index contributed by atoms with van der Waals surface area (Å²) in [7, 11) is 0. The monoisotopic (exact) mass is 255 g/mol. The molecule has 1 aliphatic carbocycles. The Labute approximate surface area is 109 Å². The first-order valence-electron chi connectivity index (χ1n) is 5.47. The Balaban J connectivity index is 0.00000133. The number of hydrogen-bond donors (Lipinski definition) is 3. The topological polar surface area (TPSA) is 121 Å². The average molecular weight is 255 g/mol. The van der Waals surface area contributed by atoms with Crippen molar-refractivity contribution in [1.82, 2.24) is 6.15 Å². The SMILES string of the molecule is N.Nc1ccc(N)c2c1C(=O)c1ccccc1C2=O. The summed E-state index contributed by atoms with van der Waals surface area (Å²) in [5.74, 6) is -0.491. The first kappa shape index (κ1) is 12.8. The van der Waals surface area contributed by atoms with Gasteiger partial charge in [-0.15, -0.1) is 0 Å². The van der Waals surface area contributed by atoms with Crippen LogP contribution in [-0.4, -0.2) is 11.6 Å². The summed E-state index contributed by atoms with van der Waals surface area (Å²) in [6.07, 6.45) is 0. The van der Waals surface area contributed by atoms with E-state index in [1.807, 2.05) is 0 Å². The highest BCUT2D eigenvalue weighted by atomic mass is 16.1. The van der Waals surface area contributed by atoms with Gasteiger partial charge in [0.05, 0.1) is 11.1 Å². The van der Waals surface area contributed by atoms with E-state index < -0.39 is 0 Å². The highest BCUT2D eigenvalue weighted by Gasteiger charge is 2.32. The molecule has 0 bridgehead atoms. The number of hydrogen-bond acceptors (Lipinski definition) is 5. The van der Waals surface area contributed by atoms with Crippen LogP contribution in [0, 0.1) is 0 Å². The maximum Gasteiger partial charge on any atom is 0.196 e. The molecule has 0 amide bonds. The van der Waals surface area contributed by atoms with Gasteiger partial charge in [0.2, 0.25) is 0 Å². The highest BCUT2D eigenvalue weighted by Crippen LogP contribution is 2.33. The van der Waals surface area contributed by atoms with E-state index in [-0.39, 0.29) is 40.2 Å². The molecule has 3 rings (SSSR count). The van der Waals surface area contributed by atoms with Crippen LogP contribution >= 0.6 is 0 Å². The second-order valence-corrected chi connectivity index (χ2v) is 4.20. The van der Waals surface area contributed by atoms with Crippen LogP contribution in [0.5, 0.6) is 0 Å². The summed E-state index contributed by atoms with van der Waals surface area (Å²) in [5.41, 5.74) is 13.4. The smallest absolute Gasteiger partial charge is 0.196 e. The highest BCUT2D eigenvalue weighted by molar-refractivity contribution is 6.31. The molecule has 7 N–H and O–H groups in total. The van der Waals surface area contributed by atoms with Crippen LogP contribution in [-0.2, 0) is 0 Å². The van der Waals surface area contributed by atoms with Gasteiger partial charge < -0.3 is 17.6 Å². The van der Waals surface area contributed by atoms with Crippen molar-refractivity contribution in [1.29, 1.82) is 0 Å². The molecule has 0 saturated heterocycles. The van der Waals surface area contributed by atoms with Crippen LogP contribution in [0.2, 0.25) is 0 Å². The number of fused-ring (bicyclic) bond motifs is 2. The van der Waals surface area contributed by atoms with E-state index in [1.54, 1.807) is 36.4 Å². The number of rotatable bonds is 0. The Kier molecular flexibility index (Phi) is 2.84. The second kappa shape index (κ2) is 4.22. The van der Waals surface area contributed by atoms with Gasteiger partial charge in [-0.25, -0.2) is 0 Å². The zero-order chi connectivity index (χ0) is 12.9. The van der Waals surface area contributed by atoms with Gasteiger partial charge in [0.25, 0.3) is 0 Å². The van der Waals surface area contributed by atoms with Crippen molar-refractivity contribution in [2.45, 2.75) is 0 Å². The van der Waals surface area contributed by atoms with Crippen molar-refractivity contribution in [2.75, 3.05) is 11.5 Å². The van der Waals surface area contributed by atoms with Gasteiger partial charge >= 0.3 is 0 Å². The molecule has 2 aromatic carbocycles. The minimum absolute atomic E-state index is 0. The quantitative estimate of drug-likeness (QED) is 0.529. The maximum absolute atomic E-state index is 12.3. The van der Waals surface area contributed by atoms with E-state index >= 15 is 0 Å². The van der Waals surface area contributed by atoms with E-state index in [1.165, 1.54) is 0 Å². The van der Waals surface area contributed by atoms with Crippen molar-refractivity contribution < 1.29 is 9.59 Å². The number of nitrogen functional groups attached to an aromatic ring is 2. The van der Waals surface area contributed by atoms with Crippen LogP contribution in [0.1, 0.15) is 31.8 Å². The Morgan fingerprint density at radius 2 is 1.05 bits per heavy atom. The predicted molar refractivity (Wildman–Crippen MR) is 73.6 cm³/mol. The number of carbonyl (C=O) groups is 2. The number of nitrogens with two attached hydrogens (primary N) is 2. The molecule has 0 fully saturated rings. The molecule has 0 saturated carbocycles. The molecule has 1 aliphatic rings. The molecule has 0 atom stereocenters. The summed E-state index contributed by atoms with van der Waals surface area (Å²) >= 11 is 0. The van der Waals surface area contributed by atoms with Gasteiger partial charge in [0.1, 0.15) is 0 Å². The number of benzene rings is 2. The van der Waals surface area contributed by atoms with Gasteiger partial charge in [0.15, 0.2) is 11.6 Å². The Morgan fingerprint density at radius 1 is 0.684 bits per heavy atom. The zero-order valence-electron chi connectivity index (χ0n) is 10.1. The van der Waals surface area contributed by atoms with Crippen LogP contribution in [0.25, 0.3) is 0 Å². The van der Waals surface area contributed by atoms with Gasteiger partial charge in [0, 0.05) is 22.5 Å². The molecular weight excluding hydrogens is 242 g/mol. The molecule has 0 aromatic heterocycles. The summed E-state index contributed by atoms with van der Waals surface area (Å²) in [6, 6.07) is 9.79. The third kappa shape index (κ3) is 1.60. The van der Waals surface area contributed by atoms with Crippen molar-refractivity contribution in [2.24, 2.45) is 0 Å². The lowest BCUT2D eigenvalue weighted by atomic mass is 9.82. The van der Waals surface area contributed by atoms with Crippen LogP contribution < -0.4 is 17.6 Å². The Bertz CT molecular complexity index is 648. The summed E-state index contributed by atoms with van der Waals surface area (Å²) < 4.78 is 0. The van der Waals surface area contributed by atoms with Gasteiger partial charge in [-0.2, -0.15) is 0 Å². The van der Waals surface area contributed by atoms with E-state index in [9.17, 15) is 9.59 Å². The fraction of sp³-hybridized carbons (Fsp3) is 0. The lowest BCUT2D eigenvalue weighted by Gasteiger charge is -2.20. The molecule has 19 heavy (non-hydrogen) atoms. The van der Waals surface area contributed by atoms with E-state index in [0.29, 0.717) is 11.1 Å². The number of anilines is 2. The fourth-order valence-electron chi connectivity index (χ4n) is 2.27. The van der Waals surface area contributed by atoms with Gasteiger partial charge in [-0.3, -0.25) is 9.59 Å². The normalized spacial score (nSPS) is 12.4. The van der Waals surface area contributed by atoms with Crippen LogP contribution in [0.15, 0.2) is 36.4 Å². The van der Waals surface area contributed by atoms with E-state index in [4.69, 9.17) is 11.5 Å². The predicted octanol–water partition coefficient (Wildman–Crippen LogP) is 1.79. The Morgan fingerprint density at radius 3 is 1.42 bits per heavy atom. The molecule has 96 valence electrons. The molecule has 0 heterocycles.